The fourth-order valence-electron chi connectivity index (χ4n) is 4.08. The molecule has 6 heterocycles. The van der Waals surface area contributed by atoms with E-state index in [0.717, 1.165) is 5.69 Å². The van der Waals surface area contributed by atoms with Crippen molar-refractivity contribution in [3.63, 3.8) is 0 Å². The summed E-state index contributed by atoms with van der Waals surface area (Å²) in [5, 5.41) is 12.2. The first-order valence-corrected chi connectivity index (χ1v) is 10.3. The van der Waals surface area contributed by atoms with Gasteiger partial charge in [-0.1, -0.05) is 6.07 Å². The topological polar surface area (TPSA) is 131 Å². The average Bonchev–Trinajstić information content (AvgIpc) is 3.62. The Labute approximate surface area is 189 Å². The van der Waals surface area contributed by atoms with Crippen LogP contribution in [0.2, 0.25) is 0 Å². The van der Waals surface area contributed by atoms with E-state index >= 15 is 0 Å². The third-order valence-electron chi connectivity index (χ3n) is 5.59. The highest BCUT2D eigenvalue weighted by Gasteiger charge is 2.38. The summed E-state index contributed by atoms with van der Waals surface area (Å²) in [5.74, 6) is -0.589. The van der Waals surface area contributed by atoms with Crippen LogP contribution < -0.4 is 0 Å². The van der Waals surface area contributed by atoms with Crippen LogP contribution in [0.5, 0.6) is 0 Å². The number of rotatable bonds is 4. The number of nitrogens with one attached hydrogen (secondary N) is 1. The maximum atomic E-state index is 13.5. The van der Waals surface area contributed by atoms with Crippen LogP contribution in [0.1, 0.15) is 45.9 Å². The monoisotopic (exact) mass is 463 g/mol. The van der Waals surface area contributed by atoms with Crippen LogP contribution in [0.25, 0.3) is 17.2 Å². The van der Waals surface area contributed by atoms with Crippen molar-refractivity contribution in [2.45, 2.75) is 18.9 Å². The molecule has 1 amide bonds. The van der Waals surface area contributed by atoms with Crippen LogP contribution in [0.3, 0.4) is 0 Å². The summed E-state index contributed by atoms with van der Waals surface area (Å²) in [7, 11) is 0. The zero-order valence-corrected chi connectivity index (χ0v) is 17.3. The van der Waals surface area contributed by atoms with Gasteiger partial charge in [0.25, 0.3) is 12.3 Å². The summed E-state index contributed by atoms with van der Waals surface area (Å²) in [6, 6.07) is 7.09. The van der Waals surface area contributed by atoms with Gasteiger partial charge >= 0.3 is 11.8 Å². The highest BCUT2D eigenvalue weighted by Crippen LogP contribution is 2.35. The van der Waals surface area contributed by atoms with Crippen LogP contribution in [-0.2, 0) is 6.42 Å². The van der Waals surface area contributed by atoms with Crippen LogP contribution in [0.15, 0.2) is 53.5 Å². The minimum absolute atomic E-state index is 0.00673. The number of H-pyrrole nitrogens is 1. The molecule has 0 radical (unpaired) electrons. The second-order valence-corrected chi connectivity index (χ2v) is 7.56. The number of nitrogens with zero attached hydrogens (tertiary/aromatic N) is 8. The lowest BCUT2D eigenvalue weighted by Gasteiger charge is -2.32. The molecule has 5 aromatic rings. The largest absolute Gasteiger partial charge is 0.409 e. The van der Waals surface area contributed by atoms with Gasteiger partial charge in [-0.25, -0.2) is 28.2 Å². The third kappa shape index (κ3) is 3.20. The van der Waals surface area contributed by atoms with E-state index in [2.05, 4.69) is 35.2 Å². The van der Waals surface area contributed by atoms with Gasteiger partial charge in [0, 0.05) is 31.1 Å². The lowest BCUT2D eigenvalue weighted by molar-refractivity contribution is 0.0646. The Kier molecular flexibility index (Phi) is 4.60. The van der Waals surface area contributed by atoms with E-state index in [1.165, 1.54) is 40.3 Å². The minimum atomic E-state index is -2.71. The summed E-state index contributed by atoms with van der Waals surface area (Å²) in [6.45, 7) is 0.299. The van der Waals surface area contributed by atoms with E-state index in [4.69, 9.17) is 4.42 Å². The number of carbonyl (C=O) groups excluding carboxylic acids is 1. The van der Waals surface area contributed by atoms with Crippen LogP contribution in [0, 0.1) is 0 Å². The van der Waals surface area contributed by atoms with Crippen LogP contribution >= 0.6 is 0 Å². The van der Waals surface area contributed by atoms with Crippen molar-refractivity contribution in [2.75, 3.05) is 6.54 Å². The standard InChI is InChI=1S/C21H15F2N9O2/c22-17(23)14-4-1-3-11-9-13(30-32(11)14)16-15-12(26-10-27-15)5-8-31(16)21(33)20-29-28-19(34-20)18-24-6-2-7-25-18/h1-4,6-7,9-10,16-17H,5,8H2,(H,26,27). The number of fused-ring (bicyclic) bond motifs is 2. The Bertz CT molecular complexity index is 1490. The summed E-state index contributed by atoms with van der Waals surface area (Å²) < 4.78 is 33.8. The van der Waals surface area contributed by atoms with Crippen molar-refractivity contribution in [3.05, 3.63) is 77.7 Å². The smallest absolute Gasteiger partial charge is 0.312 e. The van der Waals surface area contributed by atoms with Gasteiger partial charge in [0.1, 0.15) is 11.7 Å². The maximum absolute atomic E-state index is 13.5. The quantitative estimate of drug-likeness (QED) is 0.430. The van der Waals surface area contributed by atoms with E-state index in [9.17, 15) is 13.6 Å². The Morgan fingerprint density at radius 2 is 2.00 bits per heavy atom. The van der Waals surface area contributed by atoms with Crippen molar-refractivity contribution >= 4 is 11.4 Å². The first-order valence-electron chi connectivity index (χ1n) is 10.3. The van der Waals surface area contributed by atoms with Crippen LogP contribution in [0.4, 0.5) is 8.78 Å². The second kappa shape index (κ2) is 7.79. The third-order valence-corrected chi connectivity index (χ3v) is 5.59. The normalized spacial score (nSPS) is 15.7. The first kappa shape index (κ1) is 20.1. The van der Waals surface area contributed by atoms with Crippen molar-refractivity contribution in [2.24, 2.45) is 0 Å². The van der Waals surface area contributed by atoms with Gasteiger partial charge in [0.05, 0.1) is 23.2 Å². The molecular formula is C21H15F2N9O2. The molecule has 0 saturated carbocycles. The average molecular weight is 463 g/mol. The molecule has 0 saturated heterocycles. The number of aromatic amines is 1. The predicted molar refractivity (Wildman–Crippen MR) is 111 cm³/mol. The molecule has 1 unspecified atom stereocenters. The van der Waals surface area contributed by atoms with Gasteiger partial charge in [0.15, 0.2) is 0 Å². The first-order chi connectivity index (χ1) is 16.6. The molecule has 1 atom stereocenters. The molecule has 0 bridgehead atoms. The zero-order valence-electron chi connectivity index (χ0n) is 17.3. The van der Waals surface area contributed by atoms with E-state index in [1.807, 2.05) is 0 Å². The summed E-state index contributed by atoms with van der Waals surface area (Å²) in [4.78, 5) is 30.5. The molecule has 1 aliphatic rings. The van der Waals surface area contributed by atoms with E-state index in [1.54, 1.807) is 18.2 Å². The number of halogens is 2. The van der Waals surface area contributed by atoms with Gasteiger partial charge in [-0.2, -0.15) is 5.10 Å². The molecule has 0 aliphatic carbocycles. The number of pyridine rings is 1. The molecule has 0 fully saturated rings. The number of hydrogen-bond donors (Lipinski definition) is 1. The van der Waals surface area contributed by atoms with E-state index in [-0.39, 0.29) is 23.3 Å². The minimum Gasteiger partial charge on any atom is -0.409 e. The van der Waals surface area contributed by atoms with Gasteiger partial charge in [0.2, 0.25) is 5.82 Å². The van der Waals surface area contributed by atoms with Crippen molar-refractivity contribution < 1.29 is 18.0 Å². The number of imidazole rings is 1. The number of carbonyl (C=O) groups is 1. The molecule has 6 rings (SSSR count). The number of aromatic nitrogens is 8. The second-order valence-electron chi connectivity index (χ2n) is 7.56. The van der Waals surface area contributed by atoms with Crippen molar-refractivity contribution in [1.29, 1.82) is 0 Å². The Hall–Kier alpha value is -4.55. The molecule has 170 valence electrons. The molecule has 1 aliphatic heterocycles. The Morgan fingerprint density at radius 1 is 1.15 bits per heavy atom. The molecule has 0 spiro atoms. The summed E-state index contributed by atoms with van der Waals surface area (Å²) in [5.41, 5.74) is 2.03. The molecule has 34 heavy (non-hydrogen) atoms. The number of amides is 1. The zero-order chi connectivity index (χ0) is 23.2. The van der Waals surface area contributed by atoms with Crippen molar-refractivity contribution in [3.8, 4) is 11.7 Å². The van der Waals surface area contributed by atoms with Gasteiger partial charge in [-0.05, 0) is 24.3 Å². The molecule has 13 heteroatoms. The molecule has 5 aromatic heterocycles. The Balaban J connectivity index is 1.42. The lowest BCUT2D eigenvalue weighted by Crippen LogP contribution is -2.41. The maximum Gasteiger partial charge on any atom is 0.312 e. The lowest BCUT2D eigenvalue weighted by atomic mass is 9.99. The molecule has 0 aromatic carbocycles. The molecule has 11 nitrogen and oxygen atoms in total. The summed E-state index contributed by atoms with van der Waals surface area (Å²) >= 11 is 0. The predicted octanol–water partition coefficient (Wildman–Crippen LogP) is 2.62. The highest BCUT2D eigenvalue weighted by atomic mass is 19.3. The number of hydrogen-bond acceptors (Lipinski definition) is 8. The van der Waals surface area contributed by atoms with Gasteiger partial charge in [-0.15, -0.1) is 10.2 Å². The SMILES string of the molecule is O=C(c1nnc(-c2ncccn2)o1)N1CCc2[nH]cnc2C1c1cc2cccc(C(F)F)n2n1. The molecule has 1 N–H and O–H groups in total. The highest BCUT2D eigenvalue weighted by molar-refractivity contribution is 5.90. The number of alkyl halides is 2. The van der Waals surface area contributed by atoms with Gasteiger partial charge < -0.3 is 14.3 Å². The van der Waals surface area contributed by atoms with E-state index < -0.39 is 18.4 Å². The van der Waals surface area contributed by atoms with Gasteiger partial charge in [-0.3, -0.25) is 4.79 Å². The van der Waals surface area contributed by atoms with Crippen LogP contribution in [-0.4, -0.2) is 57.1 Å². The fraction of sp³-hybridized carbons (Fsp3) is 0.190. The molecular weight excluding hydrogens is 448 g/mol. The van der Waals surface area contributed by atoms with Crippen molar-refractivity contribution in [1.82, 2.24) is 44.6 Å². The summed E-state index contributed by atoms with van der Waals surface area (Å²) in [6.07, 6.45) is 2.37. The Morgan fingerprint density at radius 3 is 2.82 bits per heavy atom. The fourth-order valence-corrected chi connectivity index (χ4v) is 4.08. The van der Waals surface area contributed by atoms with E-state index in [0.29, 0.717) is 29.9 Å².